The number of hydrogen-bond donors (Lipinski definition) is 0. The number of para-hydroxylation sites is 1. The maximum Gasteiger partial charge on any atom is 0.513 e. The molecule has 2 aliphatic heterocycles. The molecule has 2 aromatic heterocycles. The molecule has 0 bridgehead atoms. The first-order valence-electron chi connectivity index (χ1n) is 11.6. The molecule has 0 radical (unpaired) electrons. The fourth-order valence-corrected chi connectivity index (χ4v) is 4.47. The molecule has 192 valence electrons. The number of carbonyl (C=O) groups is 1. The minimum Gasteiger partial charge on any atom is -0.431 e. The molecule has 0 amide bonds. The monoisotopic (exact) mass is 506 g/mol. The van der Waals surface area contributed by atoms with E-state index in [1.165, 1.54) is 6.33 Å². The minimum absolute atomic E-state index is 0.216. The zero-order chi connectivity index (χ0) is 26.2. The zero-order valence-corrected chi connectivity index (χ0v) is 20.8. The number of rotatable bonds is 6. The number of aliphatic imine (C=N–C) groups is 1. The quantitative estimate of drug-likeness (QED) is 0.213. The van der Waals surface area contributed by atoms with Crippen molar-refractivity contribution in [3.63, 3.8) is 0 Å². The third-order valence-electron chi connectivity index (χ3n) is 5.93. The van der Waals surface area contributed by atoms with Crippen LogP contribution in [0.5, 0.6) is 5.75 Å². The molecule has 0 saturated carbocycles. The van der Waals surface area contributed by atoms with Gasteiger partial charge >= 0.3 is 6.16 Å². The average molecular weight is 507 g/mol. The van der Waals surface area contributed by atoms with Gasteiger partial charge in [0.2, 0.25) is 5.60 Å². The third kappa shape index (κ3) is 4.60. The maximum absolute atomic E-state index is 12.3. The smallest absolute Gasteiger partial charge is 0.431 e. The standard InChI is InChI=1S/C25H26N6O6/c1-24(2)36-20-18(12-33-23(32)34-16-8-6-5-7-9-16)35-25(13-26,21(20)37-24)19-11-10-17-22(28-15-30(3)4)27-14-29-31(17)19/h5-11,14-15,18,20-21H,12H2,1-4H3/b28-15-/t18-,20-,21-,25+/m1/s1. The summed E-state index contributed by atoms with van der Waals surface area (Å²) in [6.07, 6.45) is -0.260. The molecule has 0 unspecified atom stereocenters. The number of nitriles is 1. The summed E-state index contributed by atoms with van der Waals surface area (Å²) >= 11 is 0. The van der Waals surface area contributed by atoms with E-state index in [1.54, 1.807) is 72.1 Å². The van der Waals surface area contributed by atoms with Gasteiger partial charge in [-0.05, 0) is 38.1 Å². The molecule has 5 rings (SSSR count). The van der Waals surface area contributed by atoms with Crippen molar-refractivity contribution >= 4 is 23.8 Å². The second-order valence-corrected chi connectivity index (χ2v) is 9.31. The Labute approximate surface area is 213 Å². The SMILES string of the molecule is CN(C)/C=N\c1ncnn2c([C@]3(C#N)O[C@H](COC(=O)Oc4ccccc4)[C@H]4OC(C)(C)O[C@H]43)ccc12. The van der Waals surface area contributed by atoms with Gasteiger partial charge in [0.25, 0.3) is 0 Å². The van der Waals surface area contributed by atoms with Crippen LogP contribution in [-0.2, 0) is 24.5 Å². The highest BCUT2D eigenvalue weighted by atomic mass is 16.8. The Morgan fingerprint density at radius 1 is 1.22 bits per heavy atom. The number of fused-ring (bicyclic) bond motifs is 2. The first-order valence-corrected chi connectivity index (χ1v) is 11.6. The van der Waals surface area contributed by atoms with Crippen molar-refractivity contribution in [1.29, 1.82) is 5.26 Å². The predicted octanol–water partition coefficient (Wildman–Crippen LogP) is 2.80. The molecular weight excluding hydrogens is 480 g/mol. The molecule has 0 spiro atoms. The number of nitrogens with zero attached hydrogens (tertiary/aromatic N) is 6. The van der Waals surface area contributed by atoms with Crippen LogP contribution in [0, 0.1) is 11.3 Å². The summed E-state index contributed by atoms with van der Waals surface area (Å²) in [6.45, 7) is 3.29. The van der Waals surface area contributed by atoms with E-state index in [4.69, 9.17) is 23.7 Å². The van der Waals surface area contributed by atoms with Gasteiger partial charge in [-0.1, -0.05) is 18.2 Å². The van der Waals surface area contributed by atoms with E-state index in [0.29, 0.717) is 22.8 Å². The molecule has 12 nitrogen and oxygen atoms in total. The number of carbonyl (C=O) groups excluding carboxylic acids is 1. The lowest BCUT2D eigenvalue weighted by Crippen LogP contribution is -2.40. The normalized spacial score (nSPS) is 26.2. The molecule has 4 heterocycles. The average Bonchev–Trinajstić information content (AvgIpc) is 3.52. The van der Waals surface area contributed by atoms with Crippen LogP contribution in [-0.4, -0.2) is 76.8 Å². The first-order chi connectivity index (χ1) is 17.7. The molecule has 4 atom stereocenters. The van der Waals surface area contributed by atoms with Crippen molar-refractivity contribution in [3.8, 4) is 11.8 Å². The lowest BCUT2D eigenvalue weighted by Gasteiger charge is -2.28. The molecule has 2 fully saturated rings. The first kappa shape index (κ1) is 24.6. The van der Waals surface area contributed by atoms with Gasteiger partial charge in [0, 0.05) is 14.1 Å². The van der Waals surface area contributed by atoms with Crippen molar-refractivity contribution in [2.45, 2.75) is 43.5 Å². The van der Waals surface area contributed by atoms with Crippen LogP contribution < -0.4 is 4.74 Å². The van der Waals surface area contributed by atoms with Crippen molar-refractivity contribution in [3.05, 3.63) is 54.5 Å². The molecule has 12 heteroatoms. The van der Waals surface area contributed by atoms with Crippen LogP contribution in [0.4, 0.5) is 10.6 Å². The van der Waals surface area contributed by atoms with Crippen LogP contribution in [0.2, 0.25) is 0 Å². The van der Waals surface area contributed by atoms with E-state index in [1.807, 2.05) is 14.1 Å². The Morgan fingerprint density at radius 2 is 2.00 bits per heavy atom. The van der Waals surface area contributed by atoms with Gasteiger partial charge < -0.3 is 28.6 Å². The van der Waals surface area contributed by atoms with Crippen LogP contribution in [0.25, 0.3) is 5.52 Å². The second-order valence-electron chi connectivity index (χ2n) is 9.31. The van der Waals surface area contributed by atoms with Gasteiger partial charge in [0.05, 0.1) is 12.0 Å². The lowest BCUT2D eigenvalue weighted by molar-refractivity contribution is -0.204. The summed E-state index contributed by atoms with van der Waals surface area (Å²) in [7, 11) is 3.69. The van der Waals surface area contributed by atoms with E-state index >= 15 is 0 Å². The number of benzene rings is 1. The second kappa shape index (κ2) is 9.44. The summed E-state index contributed by atoms with van der Waals surface area (Å²) in [5.41, 5.74) is -0.618. The summed E-state index contributed by atoms with van der Waals surface area (Å²) in [5.74, 6) is -0.226. The molecule has 1 aromatic carbocycles. The van der Waals surface area contributed by atoms with Crippen LogP contribution in [0.3, 0.4) is 0 Å². The molecule has 0 aliphatic carbocycles. The zero-order valence-electron chi connectivity index (χ0n) is 20.8. The molecule has 0 N–H and O–H groups in total. The molecule has 3 aromatic rings. The van der Waals surface area contributed by atoms with Crippen LogP contribution >= 0.6 is 0 Å². The van der Waals surface area contributed by atoms with Gasteiger partial charge in [-0.25, -0.2) is 19.3 Å². The number of aromatic nitrogens is 3. The van der Waals surface area contributed by atoms with Crippen LogP contribution in [0.15, 0.2) is 53.8 Å². The lowest BCUT2D eigenvalue weighted by atomic mass is 9.92. The van der Waals surface area contributed by atoms with Crippen molar-refractivity contribution in [1.82, 2.24) is 19.5 Å². The Hall–Kier alpha value is -4.05. The van der Waals surface area contributed by atoms with Gasteiger partial charge in [-0.15, -0.1) is 0 Å². The highest BCUT2D eigenvalue weighted by Gasteiger charge is 2.65. The predicted molar refractivity (Wildman–Crippen MR) is 129 cm³/mol. The van der Waals surface area contributed by atoms with Crippen molar-refractivity contribution in [2.24, 2.45) is 4.99 Å². The Balaban J connectivity index is 1.45. The fourth-order valence-electron chi connectivity index (χ4n) is 4.47. The van der Waals surface area contributed by atoms with Crippen molar-refractivity contribution in [2.75, 3.05) is 20.7 Å². The third-order valence-corrected chi connectivity index (χ3v) is 5.93. The Kier molecular flexibility index (Phi) is 6.28. The highest BCUT2D eigenvalue weighted by molar-refractivity contribution is 5.71. The Morgan fingerprint density at radius 3 is 2.73 bits per heavy atom. The number of hydrogen-bond acceptors (Lipinski definition) is 10. The Bertz CT molecular complexity index is 1370. The summed E-state index contributed by atoms with van der Waals surface area (Å²) in [5, 5.41) is 14.8. The van der Waals surface area contributed by atoms with Gasteiger partial charge in [-0.2, -0.15) is 10.4 Å². The summed E-state index contributed by atoms with van der Waals surface area (Å²) < 4.78 is 30.6. The van der Waals surface area contributed by atoms with Gasteiger partial charge in [-0.3, -0.25) is 0 Å². The molecular formula is C25H26N6O6. The maximum atomic E-state index is 12.3. The van der Waals surface area contributed by atoms with E-state index in [-0.39, 0.29) is 6.61 Å². The van der Waals surface area contributed by atoms with E-state index in [0.717, 1.165) is 0 Å². The van der Waals surface area contributed by atoms with Crippen LogP contribution in [0.1, 0.15) is 19.5 Å². The van der Waals surface area contributed by atoms with E-state index in [9.17, 15) is 10.1 Å². The van der Waals surface area contributed by atoms with Gasteiger partial charge in [0.15, 0.2) is 11.6 Å². The molecule has 2 aliphatic rings. The summed E-state index contributed by atoms with van der Waals surface area (Å²) in [4.78, 5) is 22.7. The molecule has 2 saturated heterocycles. The minimum atomic E-state index is -1.61. The highest BCUT2D eigenvalue weighted by Crippen LogP contribution is 2.49. The van der Waals surface area contributed by atoms with E-state index in [2.05, 4.69) is 21.1 Å². The summed E-state index contributed by atoms with van der Waals surface area (Å²) in [6, 6.07) is 14.3. The topological polar surface area (TPSA) is 133 Å². The number of ether oxygens (including phenoxy) is 5. The largest absolute Gasteiger partial charge is 0.513 e. The van der Waals surface area contributed by atoms with E-state index < -0.39 is 35.9 Å². The fraction of sp³-hybridized carbons (Fsp3) is 0.400. The van der Waals surface area contributed by atoms with Gasteiger partial charge in [0.1, 0.15) is 48.6 Å². The van der Waals surface area contributed by atoms with Crippen molar-refractivity contribution < 1.29 is 28.5 Å². The molecule has 37 heavy (non-hydrogen) atoms.